The smallest absolute Gasteiger partial charge is 0.222 e. The molecule has 0 fully saturated rings. The lowest BCUT2D eigenvalue weighted by molar-refractivity contribution is 0.139. The van der Waals surface area contributed by atoms with Crippen LogP contribution in [0.25, 0.3) is 11.3 Å². The molecule has 5 heteroatoms. The molecule has 0 spiro atoms. The normalized spacial score (nSPS) is 13.3. The van der Waals surface area contributed by atoms with Crippen LogP contribution in [-0.2, 0) is 10.8 Å². The first kappa shape index (κ1) is 25.4. The summed E-state index contributed by atoms with van der Waals surface area (Å²) in [6.07, 6.45) is 7.96. The number of benzene rings is 2. The van der Waals surface area contributed by atoms with Crippen LogP contribution < -0.4 is 0 Å². The van der Waals surface area contributed by atoms with E-state index in [4.69, 9.17) is 8.84 Å². The molecule has 0 amide bonds. The highest BCUT2D eigenvalue weighted by atomic mass is 28.4. The van der Waals surface area contributed by atoms with E-state index in [0.717, 1.165) is 25.7 Å². The van der Waals surface area contributed by atoms with Crippen molar-refractivity contribution in [2.75, 3.05) is 0 Å². The minimum atomic E-state index is -2.03. The number of aromatic nitrogens is 1. The van der Waals surface area contributed by atoms with E-state index in [-0.39, 0.29) is 17.0 Å². The molecule has 0 aliphatic heterocycles. The van der Waals surface area contributed by atoms with Crippen LogP contribution in [0.3, 0.4) is 0 Å². The molecular formula is C28H38FNO2Si. The number of aryl methyl sites for hydroxylation is 1. The minimum absolute atomic E-state index is 0.0852. The molecule has 3 aromatic rings. The summed E-state index contributed by atoms with van der Waals surface area (Å²) in [4.78, 5) is 4.52. The second-order valence-corrected chi connectivity index (χ2v) is 15.1. The average molecular weight is 468 g/mol. The van der Waals surface area contributed by atoms with Crippen LogP contribution in [-0.4, -0.2) is 13.3 Å². The number of halogens is 1. The minimum Gasteiger partial charge on any atom is -0.438 e. The Bertz CT molecular complexity index is 994. The maximum Gasteiger partial charge on any atom is 0.222 e. The van der Waals surface area contributed by atoms with Crippen LogP contribution in [0.15, 0.2) is 65.2 Å². The maximum absolute atomic E-state index is 14.2. The fraction of sp³-hybridized carbons (Fsp3) is 0.464. The third-order valence-electron chi connectivity index (χ3n) is 6.71. The van der Waals surface area contributed by atoms with Crippen molar-refractivity contribution in [3.8, 4) is 11.3 Å². The van der Waals surface area contributed by atoms with Gasteiger partial charge in [0.25, 0.3) is 0 Å². The van der Waals surface area contributed by atoms with Gasteiger partial charge in [-0.25, -0.2) is 9.37 Å². The molecule has 3 rings (SSSR count). The van der Waals surface area contributed by atoms with Gasteiger partial charge in [0.1, 0.15) is 11.9 Å². The molecule has 1 unspecified atom stereocenters. The van der Waals surface area contributed by atoms with Gasteiger partial charge < -0.3 is 8.84 Å². The van der Waals surface area contributed by atoms with Gasteiger partial charge in [-0.2, -0.15) is 0 Å². The Kier molecular flexibility index (Phi) is 8.66. The molecule has 0 aliphatic rings. The van der Waals surface area contributed by atoms with Crippen LogP contribution in [0.5, 0.6) is 0 Å². The monoisotopic (exact) mass is 467 g/mol. The Balaban J connectivity index is 1.64. The van der Waals surface area contributed by atoms with Gasteiger partial charge in [-0.15, -0.1) is 0 Å². The molecule has 0 saturated heterocycles. The van der Waals surface area contributed by atoms with Crippen molar-refractivity contribution < 1.29 is 13.2 Å². The number of hydrogen-bond donors (Lipinski definition) is 0. The lowest BCUT2D eigenvalue weighted by Gasteiger charge is -2.38. The number of oxazole rings is 1. The third kappa shape index (κ3) is 7.12. The second kappa shape index (κ2) is 11.3. The van der Waals surface area contributed by atoms with Gasteiger partial charge in [0.05, 0.1) is 11.8 Å². The van der Waals surface area contributed by atoms with Gasteiger partial charge in [0.15, 0.2) is 14.1 Å². The van der Waals surface area contributed by atoms with E-state index in [9.17, 15) is 4.39 Å². The summed E-state index contributed by atoms with van der Waals surface area (Å²) in [6.45, 7) is 11.2. The van der Waals surface area contributed by atoms with Gasteiger partial charge in [-0.3, -0.25) is 0 Å². The summed E-state index contributed by atoms with van der Waals surface area (Å²) in [5.74, 6) is 0.706. The van der Waals surface area contributed by atoms with Gasteiger partial charge in [0, 0.05) is 0 Å². The van der Waals surface area contributed by atoms with Gasteiger partial charge >= 0.3 is 0 Å². The molecule has 0 bridgehead atoms. The van der Waals surface area contributed by atoms with E-state index in [1.54, 1.807) is 24.4 Å². The number of unbranched alkanes of at least 4 members (excludes halogenated alkanes) is 3. The van der Waals surface area contributed by atoms with Crippen molar-refractivity contribution in [1.82, 2.24) is 4.98 Å². The van der Waals surface area contributed by atoms with E-state index in [1.165, 1.54) is 24.5 Å². The Morgan fingerprint density at radius 2 is 1.61 bits per heavy atom. The highest BCUT2D eigenvalue weighted by Crippen LogP contribution is 2.41. The fourth-order valence-corrected chi connectivity index (χ4v) is 4.93. The molecule has 0 saturated carbocycles. The van der Waals surface area contributed by atoms with Crippen molar-refractivity contribution in [2.24, 2.45) is 0 Å². The van der Waals surface area contributed by atoms with Crippen molar-refractivity contribution >= 4 is 8.32 Å². The summed E-state index contributed by atoms with van der Waals surface area (Å²) in [7, 11) is -2.03. The molecular weight excluding hydrogens is 429 g/mol. The Labute approximate surface area is 199 Å². The molecule has 1 heterocycles. The van der Waals surface area contributed by atoms with Gasteiger partial charge in [-0.05, 0) is 55.1 Å². The first-order chi connectivity index (χ1) is 15.7. The van der Waals surface area contributed by atoms with Crippen molar-refractivity contribution in [3.05, 3.63) is 78.1 Å². The highest BCUT2D eigenvalue weighted by molar-refractivity contribution is 6.74. The third-order valence-corrected chi connectivity index (χ3v) is 11.2. The summed E-state index contributed by atoms with van der Waals surface area (Å²) in [5, 5.41) is 0.0852. The van der Waals surface area contributed by atoms with Crippen molar-refractivity contribution in [1.29, 1.82) is 0 Å². The Morgan fingerprint density at radius 1 is 0.939 bits per heavy atom. The largest absolute Gasteiger partial charge is 0.438 e. The summed E-state index contributed by atoms with van der Waals surface area (Å²) in [6, 6.07) is 17.3. The molecule has 0 aliphatic carbocycles. The SMILES string of the molecule is CC(C)(C)[Si](C)(C)OC(CCCCCCc1ccccc1)c1ncc(-c2ccccc2F)o1. The zero-order valence-electron chi connectivity index (χ0n) is 20.7. The quantitative estimate of drug-likeness (QED) is 0.209. The maximum atomic E-state index is 14.2. The van der Waals surface area contributed by atoms with E-state index in [0.29, 0.717) is 17.2 Å². The Morgan fingerprint density at radius 3 is 2.30 bits per heavy atom. The molecule has 1 atom stereocenters. The van der Waals surface area contributed by atoms with Crippen molar-refractivity contribution in [3.63, 3.8) is 0 Å². The van der Waals surface area contributed by atoms with E-state index in [1.807, 2.05) is 0 Å². The lowest BCUT2D eigenvalue weighted by Crippen LogP contribution is -2.41. The first-order valence-electron chi connectivity index (χ1n) is 12.1. The van der Waals surface area contributed by atoms with Gasteiger partial charge in [0.2, 0.25) is 5.89 Å². The number of rotatable bonds is 11. The topological polar surface area (TPSA) is 35.3 Å². The Hall–Kier alpha value is -2.24. The van der Waals surface area contributed by atoms with Crippen LogP contribution in [0.2, 0.25) is 18.1 Å². The molecule has 33 heavy (non-hydrogen) atoms. The molecule has 178 valence electrons. The predicted molar refractivity (Wildman–Crippen MR) is 136 cm³/mol. The standard InChI is InChI=1S/C28H38FNO2Si/c1-28(2,3)33(4,5)32-25(20-12-7-6-9-15-22-16-10-8-11-17-22)27-30-21-26(31-27)23-18-13-14-19-24(23)29/h8,10-11,13-14,16-19,21,25H,6-7,9,12,15,20H2,1-5H3. The molecule has 0 N–H and O–H groups in total. The van der Waals surface area contributed by atoms with Crippen LogP contribution in [0, 0.1) is 5.82 Å². The fourth-order valence-electron chi connectivity index (χ4n) is 3.64. The number of nitrogens with zero attached hydrogens (tertiary/aromatic N) is 1. The molecule has 1 aromatic heterocycles. The van der Waals surface area contributed by atoms with Crippen molar-refractivity contribution in [2.45, 2.75) is 83.5 Å². The van der Waals surface area contributed by atoms with E-state index >= 15 is 0 Å². The zero-order chi connectivity index (χ0) is 23.9. The van der Waals surface area contributed by atoms with E-state index < -0.39 is 8.32 Å². The summed E-state index contributed by atoms with van der Waals surface area (Å²) in [5.41, 5.74) is 1.83. The second-order valence-electron chi connectivity index (χ2n) is 10.3. The molecule has 2 aromatic carbocycles. The van der Waals surface area contributed by atoms with Crippen LogP contribution >= 0.6 is 0 Å². The average Bonchev–Trinajstić information content (AvgIpc) is 3.25. The van der Waals surface area contributed by atoms with Crippen LogP contribution in [0.1, 0.15) is 70.4 Å². The zero-order valence-corrected chi connectivity index (χ0v) is 21.7. The lowest BCUT2D eigenvalue weighted by atomic mass is 10.0. The van der Waals surface area contributed by atoms with Gasteiger partial charge in [-0.1, -0.05) is 82.5 Å². The predicted octanol–water partition coefficient (Wildman–Crippen LogP) is 8.74. The first-order valence-corrected chi connectivity index (χ1v) is 15.0. The number of hydrogen-bond acceptors (Lipinski definition) is 3. The van der Waals surface area contributed by atoms with Crippen LogP contribution in [0.4, 0.5) is 4.39 Å². The molecule has 0 radical (unpaired) electrons. The summed E-state index contributed by atoms with van der Waals surface area (Å²) < 4.78 is 27.0. The van der Waals surface area contributed by atoms with E-state index in [2.05, 4.69) is 69.2 Å². The summed E-state index contributed by atoms with van der Waals surface area (Å²) >= 11 is 0. The highest BCUT2D eigenvalue weighted by Gasteiger charge is 2.40. The molecule has 3 nitrogen and oxygen atoms in total.